The molecule has 0 fully saturated rings. The van der Waals surface area contributed by atoms with Crippen LogP contribution in [-0.4, -0.2) is 32.5 Å². The molecule has 1 N–H and O–H groups in total. The van der Waals surface area contributed by atoms with Gasteiger partial charge in [-0.25, -0.2) is 0 Å². The fourth-order valence-electron chi connectivity index (χ4n) is 2.80. The van der Waals surface area contributed by atoms with Crippen LogP contribution in [-0.2, 0) is 18.4 Å². The lowest BCUT2D eigenvalue weighted by Crippen LogP contribution is -2.30. The van der Waals surface area contributed by atoms with Crippen molar-refractivity contribution in [2.75, 3.05) is 6.61 Å². The summed E-state index contributed by atoms with van der Waals surface area (Å²) in [4.78, 5) is 12.3. The fraction of sp³-hybridized carbons (Fsp3) is 0.316. The Morgan fingerprint density at radius 1 is 1.29 bits per heavy atom. The molecule has 1 aliphatic rings. The van der Waals surface area contributed by atoms with E-state index in [1.54, 1.807) is 12.3 Å². The highest BCUT2D eigenvalue weighted by atomic mass is 32.2. The molecule has 1 amide bonds. The van der Waals surface area contributed by atoms with E-state index in [0.29, 0.717) is 35.6 Å². The number of ether oxygens (including phenoxy) is 2. The molecule has 146 valence electrons. The zero-order valence-electron chi connectivity index (χ0n) is 15.5. The summed E-state index contributed by atoms with van der Waals surface area (Å²) >= 11 is 1.34. The van der Waals surface area contributed by atoms with Crippen molar-refractivity contribution in [3.63, 3.8) is 0 Å². The SMILES string of the molecule is CC(Sc1nnc(C2COc3ccccc3O2)n1C)C(=O)NCc1ccco1. The third-order valence-corrected chi connectivity index (χ3v) is 5.47. The molecule has 0 saturated heterocycles. The van der Waals surface area contributed by atoms with Crippen molar-refractivity contribution < 1.29 is 18.7 Å². The number of nitrogens with one attached hydrogen (secondary N) is 1. The number of benzene rings is 1. The minimum absolute atomic E-state index is 0.0999. The van der Waals surface area contributed by atoms with Gasteiger partial charge in [0, 0.05) is 7.05 Å². The summed E-state index contributed by atoms with van der Waals surface area (Å²) in [5.41, 5.74) is 0. The first kappa shape index (κ1) is 18.4. The maximum absolute atomic E-state index is 12.3. The van der Waals surface area contributed by atoms with Crippen LogP contribution in [0, 0.1) is 0 Å². The van der Waals surface area contributed by atoms with Gasteiger partial charge in [0.1, 0.15) is 12.4 Å². The van der Waals surface area contributed by atoms with E-state index in [2.05, 4.69) is 15.5 Å². The molecule has 2 atom stereocenters. The number of thioether (sulfide) groups is 1. The van der Waals surface area contributed by atoms with Crippen LogP contribution in [0.15, 0.2) is 52.2 Å². The lowest BCUT2D eigenvalue weighted by Gasteiger charge is -2.25. The molecule has 3 aromatic rings. The molecule has 0 radical (unpaired) electrons. The molecule has 3 heterocycles. The van der Waals surface area contributed by atoms with Crippen LogP contribution in [0.3, 0.4) is 0 Å². The van der Waals surface area contributed by atoms with Gasteiger partial charge in [0.25, 0.3) is 0 Å². The zero-order valence-corrected chi connectivity index (χ0v) is 16.3. The first-order valence-electron chi connectivity index (χ1n) is 8.86. The smallest absolute Gasteiger partial charge is 0.233 e. The van der Waals surface area contributed by atoms with Crippen molar-refractivity contribution in [2.24, 2.45) is 7.05 Å². The van der Waals surface area contributed by atoms with Gasteiger partial charge in [-0.1, -0.05) is 23.9 Å². The lowest BCUT2D eigenvalue weighted by atomic mass is 10.2. The number of nitrogens with zero attached hydrogens (tertiary/aromatic N) is 3. The maximum Gasteiger partial charge on any atom is 0.233 e. The molecule has 9 heteroatoms. The highest BCUT2D eigenvalue weighted by molar-refractivity contribution is 8.00. The minimum atomic E-state index is -0.357. The summed E-state index contributed by atoms with van der Waals surface area (Å²) in [6, 6.07) is 11.1. The molecule has 2 unspecified atom stereocenters. The Bertz CT molecular complexity index is 957. The van der Waals surface area contributed by atoms with Gasteiger partial charge in [0.05, 0.1) is 18.1 Å². The van der Waals surface area contributed by atoms with Gasteiger partial charge in [-0.2, -0.15) is 0 Å². The molecule has 0 bridgehead atoms. The largest absolute Gasteiger partial charge is 0.485 e. The van der Waals surface area contributed by atoms with Gasteiger partial charge in [0.15, 0.2) is 28.6 Å². The topological polar surface area (TPSA) is 91.4 Å². The quantitative estimate of drug-likeness (QED) is 0.636. The lowest BCUT2D eigenvalue weighted by molar-refractivity contribution is -0.120. The summed E-state index contributed by atoms with van der Waals surface area (Å²) in [6.07, 6.45) is 1.22. The third-order valence-electron chi connectivity index (χ3n) is 4.33. The second-order valence-electron chi connectivity index (χ2n) is 6.32. The number of rotatable bonds is 6. The van der Waals surface area contributed by atoms with Crippen molar-refractivity contribution in [1.82, 2.24) is 20.1 Å². The van der Waals surface area contributed by atoms with Crippen LogP contribution in [0.4, 0.5) is 0 Å². The number of carbonyl (C=O) groups is 1. The monoisotopic (exact) mass is 400 g/mol. The molecule has 1 aromatic carbocycles. The van der Waals surface area contributed by atoms with Gasteiger partial charge in [-0.15, -0.1) is 10.2 Å². The van der Waals surface area contributed by atoms with Crippen LogP contribution in [0.5, 0.6) is 11.5 Å². The average molecular weight is 400 g/mol. The Kier molecular flexibility index (Phi) is 5.25. The predicted octanol–water partition coefficient (Wildman–Crippen LogP) is 2.72. The molecular weight excluding hydrogens is 380 g/mol. The van der Waals surface area contributed by atoms with Crippen molar-refractivity contribution in [3.05, 3.63) is 54.2 Å². The van der Waals surface area contributed by atoms with Crippen molar-refractivity contribution in [2.45, 2.75) is 30.0 Å². The summed E-state index contributed by atoms with van der Waals surface area (Å²) in [7, 11) is 1.86. The van der Waals surface area contributed by atoms with Crippen LogP contribution in [0.25, 0.3) is 0 Å². The molecule has 8 nitrogen and oxygen atoms in total. The van der Waals surface area contributed by atoms with E-state index in [0.717, 1.165) is 5.75 Å². The van der Waals surface area contributed by atoms with Crippen LogP contribution >= 0.6 is 11.8 Å². The Labute approximate surface area is 166 Å². The zero-order chi connectivity index (χ0) is 19.5. The minimum Gasteiger partial charge on any atom is -0.485 e. The molecule has 0 aliphatic carbocycles. The van der Waals surface area contributed by atoms with Gasteiger partial charge in [-0.3, -0.25) is 4.79 Å². The van der Waals surface area contributed by atoms with E-state index in [-0.39, 0.29) is 17.3 Å². The van der Waals surface area contributed by atoms with Gasteiger partial charge in [-0.05, 0) is 31.2 Å². The number of aromatic nitrogens is 3. The summed E-state index contributed by atoms with van der Waals surface area (Å²) < 4.78 is 18.8. The van der Waals surface area contributed by atoms with Gasteiger partial charge in [0.2, 0.25) is 5.91 Å². The van der Waals surface area contributed by atoms with E-state index in [9.17, 15) is 4.79 Å². The van der Waals surface area contributed by atoms with Crippen LogP contribution in [0.1, 0.15) is 24.6 Å². The number of fused-ring (bicyclic) bond motifs is 1. The Hall–Kier alpha value is -2.94. The maximum atomic E-state index is 12.3. The predicted molar refractivity (Wildman–Crippen MR) is 102 cm³/mol. The normalized spacial score (nSPS) is 16.6. The molecule has 4 rings (SSSR count). The standard InChI is InChI=1S/C19H20N4O4S/c1-12(18(24)20-10-13-6-5-9-25-13)28-19-22-21-17(23(19)2)16-11-26-14-7-3-4-8-15(14)27-16/h3-9,12,16H,10-11H2,1-2H3,(H,20,24). The number of para-hydroxylation sites is 2. The highest BCUT2D eigenvalue weighted by Gasteiger charge is 2.28. The first-order valence-corrected chi connectivity index (χ1v) is 9.74. The van der Waals surface area contributed by atoms with E-state index in [1.165, 1.54) is 11.8 Å². The van der Waals surface area contributed by atoms with E-state index in [1.807, 2.05) is 48.9 Å². The number of hydrogen-bond donors (Lipinski definition) is 1. The second-order valence-corrected chi connectivity index (χ2v) is 7.63. The number of furan rings is 1. The molecule has 2 aromatic heterocycles. The van der Waals surface area contributed by atoms with E-state index in [4.69, 9.17) is 13.9 Å². The number of carbonyl (C=O) groups excluding carboxylic acids is 1. The van der Waals surface area contributed by atoms with Crippen molar-refractivity contribution in [3.8, 4) is 11.5 Å². The van der Waals surface area contributed by atoms with Crippen molar-refractivity contribution in [1.29, 1.82) is 0 Å². The Balaban J connectivity index is 1.39. The first-order chi connectivity index (χ1) is 13.6. The van der Waals surface area contributed by atoms with Gasteiger partial charge < -0.3 is 23.8 Å². The second kappa shape index (κ2) is 7.97. The molecule has 1 aliphatic heterocycles. The van der Waals surface area contributed by atoms with Crippen LogP contribution < -0.4 is 14.8 Å². The van der Waals surface area contributed by atoms with Crippen LogP contribution in [0.2, 0.25) is 0 Å². The van der Waals surface area contributed by atoms with E-state index < -0.39 is 0 Å². The fourth-order valence-corrected chi connectivity index (χ4v) is 3.64. The average Bonchev–Trinajstić information content (AvgIpc) is 3.36. The number of amides is 1. The van der Waals surface area contributed by atoms with Crippen molar-refractivity contribution >= 4 is 17.7 Å². The summed E-state index contributed by atoms with van der Waals surface area (Å²) in [5, 5.41) is 11.6. The molecule has 28 heavy (non-hydrogen) atoms. The number of hydrogen-bond acceptors (Lipinski definition) is 7. The molecule has 0 spiro atoms. The Morgan fingerprint density at radius 3 is 2.89 bits per heavy atom. The van der Waals surface area contributed by atoms with Gasteiger partial charge >= 0.3 is 0 Å². The highest BCUT2D eigenvalue weighted by Crippen LogP contribution is 2.36. The Morgan fingerprint density at radius 2 is 2.11 bits per heavy atom. The summed E-state index contributed by atoms with van der Waals surface area (Å²) in [5.74, 6) is 2.66. The molecular formula is C19H20N4O4S. The van der Waals surface area contributed by atoms with E-state index >= 15 is 0 Å². The summed E-state index contributed by atoms with van der Waals surface area (Å²) in [6.45, 7) is 2.53. The molecule has 0 saturated carbocycles. The third kappa shape index (κ3) is 3.84.